The van der Waals surface area contributed by atoms with Gasteiger partial charge in [-0.05, 0) is 55.2 Å². The number of amides is 2. The molecule has 22 heavy (non-hydrogen) atoms. The predicted octanol–water partition coefficient (Wildman–Crippen LogP) is 5.08. The Hall–Kier alpha value is -1.52. The van der Waals surface area contributed by atoms with Crippen molar-refractivity contribution in [2.45, 2.75) is 20.3 Å². The Morgan fingerprint density at radius 1 is 1.23 bits per heavy atom. The van der Waals surface area contributed by atoms with E-state index in [4.69, 9.17) is 11.6 Å². The molecule has 0 aliphatic carbocycles. The van der Waals surface area contributed by atoms with Crippen LogP contribution in [0.2, 0.25) is 5.02 Å². The molecule has 0 saturated heterocycles. The molecule has 0 radical (unpaired) electrons. The van der Waals surface area contributed by atoms with Crippen molar-refractivity contribution < 1.29 is 4.79 Å². The van der Waals surface area contributed by atoms with Crippen molar-refractivity contribution in [3.63, 3.8) is 0 Å². The zero-order chi connectivity index (χ0) is 16.1. The van der Waals surface area contributed by atoms with Crippen molar-refractivity contribution in [3.8, 4) is 0 Å². The van der Waals surface area contributed by atoms with Crippen LogP contribution in [-0.2, 0) is 6.42 Å². The number of carbonyl (C=O) groups excluding carboxylic acids is 1. The summed E-state index contributed by atoms with van der Waals surface area (Å²) < 4.78 is 1.04. The molecule has 116 valence electrons. The number of urea groups is 1. The third kappa shape index (κ3) is 4.75. The van der Waals surface area contributed by atoms with E-state index in [1.54, 1.807) is 0 Å². The van der Waals surface area contributed by atoms with Crippen molar-refractivity contribution in [1.29, 1.82) is 0 Å². The van der Waals surface area contributed by atoms with Crippen LogP contribution in [0.15, 0.2) is 40.9 Å². The first-order valence-corrected chi connectivity index (χ1v) is 8.19. The van der Waals surface area contributed by atoms with Gasteiger partial charge in [-0.2, -0.15) is 0 Å². The lowest BCUT2D eigenvalue weighted by atomic mass is 10.1. The van der Waals surface area contributed by atoms with Crippen molar-refractivity contribution in [1.82, 2.24) is 5.32 Å². The van der Waals surface area contributed by atoms with Gasteiger partial charge >= 0.3 is 6.03 Å². The summed E-state index contributed by atoms with van der Waals surface area (Å²) in [5, 5.41) is 6.21. The van der Waals surface area contributed by atoms with Crippen LogP contribution in [0.1, 0.15) is 16.7 Å². The first kappa shape index (κ1) is 16.8. The number of rotatable bonds is 4. The van der Waals surface area contributed by atoms with Gasteiger partial charge in [0, 0.05) is 11.0 Å². The number of benzene rings is 2. The van der Waals surface area contributed by atoms with Gasteiger partial charge in [0.25, 0.3) is 0 Å². The summed E-state index contributed by atoms with van der Waals surface area (Å²) in [6, 6.07) is 11.6. The number of halogens is 2. The van der Waals surface area contributed by atoms with Gasteiger partial charge in [-0.25, -0.2) is 4.79 Å². The molecule has 2 amide bonds. The lowest BCUT2D eigenvalue weighted by molar-refractivity contribution is 0.252. The second kappa shape index (κ2) is 7.65. The fraction of sp³-hybridized carbons (Fsp3) is 0.235. The second-order valence-corrected chi connectivity index (χ2v) is 6.52. The minimum absolute atomic E-state index is 0.246. The maximum atomic E-state index is 12.0. The number of anilines is 1. The normalized spacial score (nSPS) is 10.4. The highest BCUT2D eigenvalue weighted by Crippen LogP contribution is 2.27. The van der Waals surface area contributed by atoms with Crippen LogP contribution in [0, 0.1) is 13.8 Å². The molecule has 3 nitrogen and oxygen atoms in total. The quantitative estimate of drug-likeness (QED) is 0.761. The first-order valence-electron chi connectivity index (χ1n) is 7.02. The monoisotopic (exact) mass is 380 g/mol. The fourth-order valence-electron chi connectivity index (χ4n) is 2.24. The molecule has 0 heterocycles. The zero-order valence-corrected chi connectivity index (χ0v) is 14.9. The molecule has 2 aromatic carbocycles. The molecule has 0 fully saturated rings. The molecule has 2 N–H and O–H groups in total. The topological polar surface area (TPSA) is 41.1 Å². The summed E-state index contributed by atoms with van der Waals surface area (Å²) in [6.07, 6.45) is 0.771. The minimum atomic E-state index is -0.246. The Kier molecular flexibility index (Phi) is 5.86. The Morgan fingerprint density at radius 3 is 2.68 bits per heavy atom. The first-order chi connectivity index (χ1) is 10.5. The summed E-state index contributed by atoms with van der Waals surface area (Å²) in [5.74, 6) is 0. The standard InChI is InChI=1S/C17H18BrClN2O/c1-11-8-12(2)16(15(19)9-11)21-17(22)20-7-6-13-4-3-5-14(18)10-13/h3-5,8-10H,6-7H2,1-2H3,(H2,20,21,22). The molecular formula is C17H18BrClN2O. The van der Waals surface area contributed by atoms with E-state index in [1.807, 2.05) is 50.2 Å². The number of hydrogen-bond acceptors (Lipinski definition) is 1. The maximum Gasteiger partial charge on any atom is 0.319 e. The molecule has 0 aliphatic rings. The zero-order valence-electron chi connectivity index (χ0n) is 12.5. The molecule has 2 aromatic rings. The number of hydrogen-bond donors (Lipinski definition) is 2. The van der Waals surface area contributed by atoms with Crippen molar-refractivity contribution >= 4 is 39.2 Å². The highest BCUT2D eigenvalue weighted by molar-refractivity contribution is 9.10. The van der Waals surface area contributed by atoms with Gasteiger partial charge in [-0.3, -0.25) is 0 Å². The third-order valence-electron chi connectivity index (χ3n) is 3.26. The Balaban J connectivity index is 1.89. The van der Waals surface area contributed by atoms with Gasteiger partial charge in [0.2, 0.25) is 0 Å². The Bertz CT molecular complexity index is 665. The summed E-state index contributed by atoms with van der Waals surface area (Å²) in [7, 11) is 0. The molecule has 0 aromatic heterocycles. The third-order valence-corrected chi connectivity index (χ3v) is 4.05. The Labute approximate surface area is 144 Å². The highest BCUT2D eigenvalue weighted by atomic mass is 79.9. The van der Waals surface area contributed by atoms with Gasteiger partial charge in [-0.15, -0.1) is 0 Å². The SMILES string of the molecule is Cc1cc(C)c(NC(=O)NCCc2cccc(Br)c2)c(Cl)c1. The van der Waals surface area contributed by atoms with Crippen LogP contribution in [0.5, 0.6) is 0 Å². The maximum absolute atomic E-state index is 12.0. The molecule has 0 aliphatic heterocycles. The summed E-state index contributed by atoms with van der Waals surface area (Å²) in [5.41, 5.74) is 3.85. The summed E-state index contributed by atoms with van der Waals surface area (Å²) >= 11 is 9.61. The summed E-state index contributed by atoms with van der Waals surface area (Å²) in [6.45, 7) is 4.46. The van der Waals surface area contributed by atoms with Crippen molar-refractivity contribution in [2.24, 2.45) is 0 Å². The van der Waals surface area contributed by atoms with E-state index in [-0.39, 0.29) is 6.03 Å². The molecule has 0 saturated carbocycles. The number of nitrogens with one attached hydrogen (secondary N) is 2. The average Bonchev–Trinajstić information content (AvgIpc) is 2.43. The second-order valence-electron chi connectivity index (χ2n) is 5.20. The van der Waals surface area contributed by atoms with Crippen LogP contribution in [0.25, 0.3) is 0 Å². The van der Waals surface area contributed by atoms with E-state index >= 15 is 0 Å². The molecule has 0 unspecified atom stereocenters. The van der Waals surface area contributed by atoms with Crippen LogP contribution in [-0.4, -0.2) is 12.6 Å². The molecule has 0 bridgehead atoms. The minimum Gasteiger partial charge on any atom is -0.338 e. The van der Waals surface area contributed by atoms with Crippen molar-refractivity contribution in [3.05, 3.63) is 62.6 Å². The molecule has 2 rings (SSSR count). The van der Waals surface area contributed by atoms with Crippen LogP contribution >= 0.6 is 27.5 Å². The van der Waals surface area contributed by atoms with E-state index in [0.717, 1.165) is 22.0 Å². The van der Waals surface area contributed by atoms with Gasteiger partial charge in [-0.1, -0.05) is 45.7 Å². The number of carbonyl (C=O) groups is 1. The average molecular weight is 382 g/mol. The van der Waals surface area contributed by atoms with Gasteiger partial charge < -0.3 is 10.6 Å². The van der Waals surface area contributed by atoms with E-state index in [9.17, 15) is 4.79 Å². The van der Waals surface area contributed by atoms with Crippen LogP contribution < -0.4 is 10.6 Å². The molecular weight excluding hydrogens is 364 g/mol. The fourth-order valence-corrected chi connectivity index (χ4v) is 3.06. The number of aryl methyl sites for hydroxylation is 2. The van der Waals surface area contributed by atoms with E-state index in [1.165, 1.54) is 5.56 Å². The molecule has 0 atom stereocenters. The smallest absolute Gasteiger partial charge is 0.319 e. The summed E-state index contributed by atoms with van der Waals surface area (Å²) in [4.78, 5) is 12.0. The van der Waals surface area contributed by atoms with Gasteiger partial charge in [0.1, 0.15) is 0 Å². The largest absolute Gasteiger partial charge is 0.338 e. The van der Waals surface area contributed by atoms with Crippen LogP contribution in [0.4, 0.5) is 10.5 Å². The van der Waals surface area contributed by atoms with Crippen LogP contribution in [0.3, 0.4) is 0 Å². The molecule has 0 spiro atoms. The van der Waals surface area contributed by atoms with E-state index in [2.05, 4.69) is 26.6 Å². The Morgan fingerprint density at radius 2 is 2.00 bits per heavy atom. The van der Waals surface area contributed by atoms with E-state index in [0.29, 0.717) is 17.3 Å². The van der Waals surface area contributed by atoms with E-state index < -0.39 is 0 Å². The molecule has 5 heteroatoms. The van der Waals surface area contributed by atoms with Gasteiger partial charge in [0.05, 0.1) is 10.7 Å². The van der Waals surface area contributed by atoms with Crippen molar-refractivity contribution in [2.75, 3.05) is 11.9 Å². The lowest BCUT2D eigenvalue weighted by Gasteiger charge is -2.12. The predicted molar refractivity (Wildman–Crippen MR) is 95.8 cm³/mol. The van der Waals surface area contributed by atoms with Gasteiger partial charge in [0.15, 0.2) is 0 Å². The highest BCUT2D eigenvalue weighted by Gasteiger charge is 2.09. The lowest BCUT2D eigenvalue weighted by Crippen LogP contribution is -2.30.